The van der Waals surface area contributed by atoms with E-state index in [4.69, 9.17) is 0 Å². The summed E-state index contributed by atoms with van der Waals surface area (Å²) in [5, 5.41) is 3.04. The molecule has 1 aromatic rings. The Labute approximate surface area is 118 Å². The molecule has 0 aliphatic heterocycles. The highest BCUT2D eigenvalue weighted by molar-refractivity contribution is 7.09. The number of aryl methyl sites for hydroxylation is 1. The fourth-order valence-corrected chi connectivity index (χ4v) is 3.47. The topological polar surface area (TPSA) is 33.2 Å². The van der Waals surface area contributed by atoms with E-state index in [0.717, 1.165) is 10.7 Å². The van der Waals surface area contributed by atoms with Crippen molar-refractivity contribution in [3.8, 4) is 0 Å². The minimum absolute atomic E-state index is 0.181. The quantitative estimate of drug-likeness (QED) is 0.790. The van der Waals surface area contributed by atoms with Crippen LogP contribution in [0.4, 0.5) is 0 Å². The lowest BCUT2D eigenvalue weighted by Gasteiger charge is -2.27. The predicted octanol–water partition coefficient (Wildman–Crippen LogP) is 3.40. The smallest absolute Gasteiger partial charge is 0.247 e. The van der Waals surface area contributed by atoms with Gasteiger partial charge in [0.15, 0.2) is 0 Å². The van der Waals surface area contributed by atoms with Crippen LogP contribution in [0.5, 0.6) is 0 Å². The Balaban J connectivity index is 1.68. The van der Waals surface area contributed by atoms with Crippen molar-refractivity contribution in [2.45, 2.75) is 57.5 Å². The van der Waals surface area contributed by atoms with Crippen LogP contribution in [0.3, 0.4) is 0 Å². The summed E-state index contributed by atoms with van der Waals surface area (Å²) < 4.78 is 0. The van der Waals surface area contributed by atoms with Gasteiger partial charge in [-0.2, -0.15) is 0 Å². The van der Waals surface area contributed by atoms with Gasteiger partial charge < -0.3 is 4.90 Å². The highest BCUT2D eigenvalue weighted by atomic mass is 32.1. The van der Waals surface area contributed by atoms with Crippen molar-refractivity contribution in [2.75, 3.05) is 0 Å². The standard InChI is InChI=1S/C15H20N2OS/c1-11-16-12(10-19-11)6-9-15(18)17(14-7-8-14)13-4-2-3-5-13/h6,9-10,13-14H,2-5,7-8H2,1H3. The normalized spacial score (nSPS) is 20.3. The van der Waals surface area contributed by atoms with Gasteiger partial charge in [0.1, 0.15) is 0 Å². The molecule has 0 unspecified atom stereocenters. The zero-order valence-corrected chi connectivity index (χ0v) is 12.2. The maximum Gasteiger partial charge on any atom is 0.247 e. The molecule has 3 nitrogen and oxygen atoms in total. The molecule has 2 aliphatic rings. The van der Waals surface area contributed by atoms with E-state index >= 15 is 0 Å². The highest BCUT2D eigenvalue weighted by Crippen LogP contribution is 2.34. The van der Waals surface area contributed by atoms with E-state index in [1.165, 1.54) is 38.5 Å². The van der Waals surface area contributed by atoms with E-state index in [1.807, 2.05) is 18.4 Å². The molecule has 0 radical (unpaired) electrons. The molecule has 2 fully saturated rings. The average Bonchev–Trinajstić information content (AvgIpc) is 2.89. The number of thiazole rings is 1. The first-order chi connectivity index (χ1) is 9.24. The first kappa shape index (κ1) is 12.9. The van der Waals surface area contributed by atoms with Gasteiger partial charge in [0, 0.05) is 23.5 Å². The summed E-state index contributed by atoms with van der Waals surface area (Å²) in [6, 6.07) is 0.999. The Morgan fingerprint density at radius 3 is 2.58 bits per heavy atom. The molecule has 2 saturated carbocycles. The third-order valence-corrected chi connectivity index (χ3v) is 4.74. The van der Waals surface area contributed by atoms with E-state index in [9.17, 15) is 4.79 Å². The zero-order valence-electron chi connectivity index (χ0n) is 11.3. The molecule has 1 heterocycles. The van der Waals surface area contributed by atoms with Crippen LogP contribution in [0.15, 0.2) is 11.5 Å². The maximum atomic E-state index is 12.4. The molecule has 0 saturated heterocycles. The van der Waals surface area contributed by atoms with Gasteiger partial charge in [-0.3, -0.25) is 4.79 Å². The van der Waals surface area contributed by atoms with Crippen LogP contribution in [0.25, 0.3) is 6.08 Å². The van der Waals surface area contributed by atoms with E-state index in [1.54, 1.807) is 17.4 Å². The van der Waals surface area contributed by atoms with Crippen LogP contribution < -0.4 is 0 Å². The number of rotatable bonds is 4. The Bertz CT molecular complexity index is 484. The highest BCUT2D eigenvalue weighted by Gasteiger charge is 2.37. The van der Waals surface area contributed by atoms with Crippen molar-refractivity contribution >= 4 is 23.3 Å². The molecule has 19 heavy (non-hydrogen) atoms. The van der Waals surface area contributed by atoms with Crippen molar-refractivity contribution in [3.63, 3.8) is 0 Å². The Hall–Kier alpha value is -1.16. The predicted molar refractivity (Wildman–Crippen MR) is 78.0 cm³/mol. The van der Waals surface area contributed by atoms with E-state index in [0.29, 0.717) is 12.1 Å². The van der Waals surface area contributed by atoms with Gasteiger partial charge in [-0.05, 0) is 38.7 Å². The first-order valence-corrected chi connectivity index (χ1v) is 8.04. The second kappa shape index (κ2) is 5.45. The van der Waals surface area contributed by atoms with Gasteiger partial charge in [0.25, 0.3) is 0 Å². The summed E-state index contributed by atoms with van der Waals surface area (Å²) >= 11 is 1.62. The fourth-order valence-electron chi connectivity index (χ4n) is 2.89. The maximum absolute atomic E-state index is 12.4. The summed E-state index contributed by atoms with van der Waals surface area (Å²) in [5.41, 5.74) is 0.901. The number of hydrogen-bond donors (Lipinski definition) is 0. The van der Waals surface area contributed by atoms with Gasteiger partial charge in [-0.1, -0.05) is 12.8 Å². The number of carbonyl (C=O) groups is 1. The lowest BCUT2D eigenvalue weighted by Crippen LogP contribution is -2.39. The number of nitrogens with zero attached hydrogens (tertiary/aromatic N) is 2. The molecule has 0 bridgehead atoms. The molecule has 102 valence electrons. The average molecular weight is 276 g/mol. The first-order valence-electron chi connectivity index (χ1n) is 7.16. The number of carbonyl (C=O) groups excluding carboxylic acids is 1. The van der Waals surface area contributed by atoms with Crippen molar-refractivity contribution in [1.82, 2.24) is 9.88 Å². The Morgan fingerprint density at radius 1 is 1.32 bits per heavy atom. The van der Waals surface area contributed by atoms with Gasteiger partial charge in [-0.25, -0.2) is 4.98 Å². The molecule has 0 aromatic carbocycles. The molecule has 4 heteroatoms. The van der Waals surface area contributed by atoms with Crippen LogP contribution in [-0.4, -0.2) is 27.9 Å². The Morgan fingerprint density at radius 2 is 2.00 bits per heavy atom. The zero-order chi connectivity index (χ0) is 13.2. The lowest BCUT2D eigenvalue weighted by molar-refractivity contribution is -0.128. The van der Waals surface area contributed by atoms with Gasteiger partial charge >= 0.3 is 0 Å². The van der Waals surface area contributed by atoms with Crippen LogP contribution in [-0.2, 0) is 4.79 Å². The molecule has 3 rings (SSSR count). The number of amides is 1. The van der Waals surface area contributed by atoms with Gasteiger partial charge in [-0.15, -0.1) is 11.3 Å². The second-order valence-electron chi connectivity index (χ2n) is 5.54. The molecule has 0 spiro atoms. The van der Waals surface area contributed by atoms with Crippen LogP contribution >= 0.6 is 11.3 Å². The van der Waals surface area contributed by atoms with Crippen molar-refractivity contribution in [2.24, 2.45) is 0 Å². The molecule has 0 N–H and O–H groups in total. The Kier molecular flexibility index (Phi) is 3.69. The van der Waals surface area contributed by atoms with E-state index in [2.05, 4.69) is 9.88 Å². The van der Waals surface area contributed by atoms with Crippen molar-refractivity contribution < 1.29 is 4.79 Å². The minimum Gasteiger partial charge on any atom is -0.333 e. The van der Waals surface area contributed by atoms with Crippen molar-refractivity contribution in [3.05, 3.63) is 22.2 Å². The van der Waals surface area contributed by atoms with Gasteiger partial charge in [0.05, 0.1) is 10.7 Å². The van der Waals surface area contributed by atoms with Crippen molar-refractivity contribution in [1.29, 1.82) is 0 Å². The third-order valence-electron chi connectivity index (χ3n) is 3.95. The molecular formula is C15H20N2OS. The fraction of sp³-hybridized carbons (Fsp3) is 0.600. The number of hydrogen-bond acceptors (Lipinski definition) is 3. The van der Waals surface area contributed by atoms with Gasteiger partial charge in [0.2, 0.25) is 5.91 Å². The molecule has 1 amide bonds. The summed E-state index contributed by atoms with van der Waals surface area (Å²) in [4.78, 5) is 18.9. The van der Waals surface area contributed by atoms with Crippen LogP contribution in [0.2, 0.25) is 0 Å². The van der Waals surface area contributed by atoms with Crippen LogP contribution in [0.1, 0.15) is 49.2 Å². The summed E-state index contributed by atoms with van der Waals surface area (Å²) in [7, 11) is 0. The molecule has 1 aromatic heterocycles. The monoisotopic (exact) mass is 276 g/mol. The molecular weight excluding hydrogens is 256 g/mol. The second-order valence-corrected chi connectivity index (χ2v) is 6.60. The lowest BCUT2D eigenvalue weighted by atomic mass is 10.2. The summed E-state index contributed by atoms with van der Waals surface area (Å²) in [6.07, 6.45) is 10.9. The summed E-state index contributed by atoms with van der Waals surface area (Å²) in [6.45, 7) is 1.98. The SMILES string of the molecule is Cc1nc(C=CC(=O)N(C2CCCC2)C2CC2)cs1. The summed E-state index contributed by atoms with van der Waals surface area (Å²) in [5.74, 6) is 0.181. The van der Waals surface area contributed by atoms with E-state index in [-0.39, 0.29) is 5.91 Å². The molecule has 0 atom stereocenters. The molecule has 2 aliphatic carbocycles. The number of aromatic nitrogens is 1. The van der Waals surface area contributed by atoms with E-state index < -0.39 is 0 Å². The van der Waals surface area contributed by atoms with Crippen LogP contribution in [0, 0.1) is 6.92 Å². The minimum atomic E-state index is 0.181. The third kappa shape index (κ3) is 3.06. The largest absolute Gasteiger partial charge is 0.333 e.